The van der Waals surface area contributed by atoms with Gasteiger partial charge in [-0.3, -0.25) is 0 Å². The van der Waals surface area contributed by atoms with E-state index in [-0.39, 0.29) is 15.2 Å². The Bertz CT molecular complexity index is 414. The topological polar surface area (TPSA) is 9.23 Å². The van der Waals surface area contributed by atoms with Crippen LogP contribution in [0.25, 0.3) is 0 Å². The van der Waals surface area contributed by atoms with Crippen LogP contribution in [0.1, 0.15) is 52.9 Å². The van der Waals surface area contributed by atoms with Crippen molar-refractivity contribution in [2.45, 2.75) is 81.2 Å². The first-order chi connectivity index (χ1) is 10.7. The number of hydrogen-bond acceptors (Lipinski definition) is 3. The normalized spacial score (nSPS) is 19.8. The predicted molar refractivity (Wildman–Crippen MR) is 112 cm³/mol. The first-order valence-corrected chi connectivity index (χ1v) is 13.6. The minimum Gasteiger partial charge on any atom is -0.403 e. The van der Waals surface area contributed by atoms with Crippen molar-refractivity contribution in [1.82, 2.24) is 0 Å². The second-order valence-corrected chi connectivity index (χ2v) is 15.9. The molecule has 0 aromatic carbocycles. The Morgan fingerprint density at radius 1 is 1.35 bits per heavy atom. The molecule has 0 N–H and O–H groups in total. The Hall–Kier alpha value is 0.177. The van der Waals surface area contributed by atoms with E-state index in [0.29, 0.717) is 0 Å². The van der Waals surface area contributed by atoms with Crippen LogP contribution in [0, 0.1) is 12.3 Å². The highest BCUT2D eigenvalue weighted by atomic mass is 32.2. The molecule has 1 rings (SSSR count). The summed E-state index contributed by atoms with van der Waals surface area (Å²) in [6, 6.07) is 0. The van der Waals surface area contributed by atoms with E-state index in [1.54, 1.807) is 0 Å². The van der Waals surface area contributed by atoms with Crippen molar-refractivity contribution < 1.29 is 4.43 Å². The van der Waals surface area contributed by atoms with Gasteiger partial charge in [0.05, 0.1) is 4.08 Å². The molecule has 1 aliphatic rings. The summed E-state index contributed by atoms with van der Waals surface area (Å²) in [5, 5.41) is 0.199. The maximum atomic E-state index is 6.54. The van der Waals surface area contributed by atoms with E-state index in [0.717, 1.165) is 12.8 Å². The third-order valence-electron chi connectivity index (χ3n) is 4.91. The summed E-state index contributed by atoms with van der Waals surface area (Å²) in [4.78, 5) is 0. The fraction of sp³-hybridized carbons (Fsp3) is 0.789. The molecule has 1 unspecified atom stereocenters. The fourth-order valence-corrected chi connectivity index (χ4v) is 7.12. The fourth-order valence-electron chi connectivity index (χ4n) is 2.45. The monoisotopic (exact) mass is 370 g/mol. The summed E-state index contributed by atoms with van der Waals surface area (Å²) in [6.07, 6.45) is 13.6. The van der Waals surface area contributed by atoms with Gasteiger partial charge in [0.2, 0.25) is 0 Å². The molecule has 1 atom stereocenters. The molecule has 1 heterocycles. The Kier molecular flexibility index (Phi) is 8.34. The summed E-state index contributed by atoms with van der Waals surface area (Å²) < 4.78 is 6.78. The molecule has 23 heavy (non-hydrogen) atoms. The van der Waals surface area contributed by atoms with Crippen LogP contribution < -0.4 is 0 Å². The predicted octanol–water partition coefficient (Wildman–Crippen LogP) is 6.32. The molecule has 0 bridgehead atoms. The summed E-state index contributed by atoms with van der Waals surface area (Å²) in [5.74, 6) is 5.46. The molecule has 0 aromatic rings. The van der Waals surface area contributed by atoms with Crippen LogP contribution in [0.3, 0.4) is 0 Å². The third kappa shape index (κ3) is 6.53. The van der Waals surface area contributed by atoms with E-state index in [9.17, 15) is 0 Å². The van der Waals surface area contributed by atoms with Gasteiger partial charge in [-0.25, -0.2) is 0 Å². The van der Waals surface area contributed by atoms with Crippen molar-refractivity contribution in [2.24, 2.45) is 0 Å². The first kappa shape index (κ1) is 21.2. The van der Waals surface area contributed by atoms with Gasteiger partial charge in [0.25, 0.3) is 0 Å². The molecule has 0 spiro atoms. The molecule has 0 radical (unpaired) electrons. The van der Waals surface area contributed by atoms with Crippen LogP contribution >= 0.6 is 23.5 Å². The summed E-state index contributed by atoms with van der Waals surface area (Å²) in [7, 11) is -1.82. The van der Waals surface area contributed by atoms with Gasteiger partial charge in [-0.05, 0) is 55.3 Å². The SMILES string of the molecule is C#CC(CC1(CCCC=C)SCCCS1)O[Si](C)(C)C(C)(C)C. The Balaban J connectivity index is 2.79. The van der Waals surface area contributed by atoms with E-state index in [1.807, 2.05) is 6.08 Å². The van der Waals surface area contributed by atoms with Crippen LogP contribution in [0.5, 0.6) is 0 Å². The zero-order valence-corrected chi connectivity index (χ0v) is 18.2. The molecule has 132 valence electrons. The molecule has 1 fully saturated rings. The molecular formula is C19H34OS2Si. The van der Waals surface area contributed by atoms with Crippen LogP contribution in [0.2, 0.25) is 18.1 Å². The van der Waals surface area contributed by atoms with Crippen molar-refractivity contribution in [2.75, 3.05) is 11.5 Å². The van der Waals surface area contributed by atoms with E-state index >= 15 is 0 Å². The van der Waals surface area contributed by atoms with E-state index in [4.69, 9.17) is 10.8 Å². The lowest BCUT2D eigenvalue weighted by Crippen LogP contribution is -2.45. The highest BCUT2D eigenvalue weighted by Gasteiger charge is 2.42. The average Bonchev–Trinajstić information content (AvgIpc) is 2.46. The van der Waals surface area contributed by atoms with Crippen LogP contribution in [-0.2, 0) is 4.43 Å². The van der Waals surface area contributed by atoms with E-state index in [1.165, 1.54) is 30.8 Å². The van der Waals surface area contributed by atoms with E-state index in [2.05, 4.69) is 69.9 Å². The van der Waals surface area contributed by atoms with Gasteiger partial charge in [0, 0.05) is 6.42 Å². The van der Waals surface area contributed by atoms with Gasteiger partial charge in [-0.1, -0.05) is 32.8 Å². The quantitative estimate of drug-likeness (QED) is 0.214. The molecule has 0 saturated carbocycles. The number of unbranched alkanes of at least 4 members (excludes halogenated alkanes) is 1. The van der Waals surface area contributed by atoms with Gasteiger partial charge in [0.15, 0.2) is 8.32 Å². The Labute approximate surface area is 153 Å². The Morgan fingerprint density at radius 3 is 2.43 bits per heavy atom. The van der Waals surface area contributed by atoms with Crippen molar-refractivity contribution in [3.8, 4) is 12.3 Å². The van der Waals surface area contributed by atoms with Crippen molar-refractivity contribution >= 4 is 31.8 Å². The Morgan fingerprint density at radius 2 is 1.96 bits per heavy atom. The molecule has 0 amide bonds. The van der Waals surface area contributed by atoms with Gasteiger partial charge >= 0.3 is 0 Å². The number of allylic oxidation sites excluding steroid dienone is 1. The summed E-state index contributed by atoms with van der Waals surface area (Å²) in [5.41, 5.74) is 0. The van der Waals surface area contributed by atoms with Crippen LogP contribution in [0.15, 0.2) is 12.7 Å². The van der Waals surface area contributed by atoms with Gasteiger partial charge in [0.1, 0.15) is 6.10 Å². The molecule has 0 aliphatic carbocycles. The largest absolute Gasteiger partial charge is 0.403 e. The second-order valence-electron chi connectivity index (χ2n) is 7.88. The maximum Gasteiger partial charge on any atom is 0.193 e. The van der Waals surface area contributed by atoms with Gasteiger partial charge in [-0.15, -0.1) is 36.5 Å². The zero-order valence-electron chi connectivity index (χ0n) is 15.6. The number of hydrogen-bond donors (Lipinski definition) is 0. The standard InChI is InChI=1S/C19H34OS2Si/c1-8-10-11-13-19(21-14-12-15-22-19)16-17(9-2)20-23(6,7)18(3,4)5/h2,8,17H,1,10-16H2,3-7H3. The lowest BCUT2D eigenvalue weighted by Gasteiger charge is -2.42. The first-order valence-electron chi connectivity index (χ1n) is 8.68. The molecule has 0 aromatic heterocycles. The summed E-state index contributed by atoms with van der Waals surface area (Å²) >= 11 is 4.21. The lowest BCUT2D eigenvalue weighted by molar-refractivity contribution is 0.217. The average molecular weight is 371 g/mol. The van der Waals surface area contributed by atoms with Crippen LogP contribution in [-0.4, -0.2) is 30.0 Å². The molecule has 1 aliphatic heterocycles. The zero-order chi connectivity index (χ0) is 17.6. The lowest BCUT2D eigenvalue weighted by atomic mass is 10.1. The van der Waals surface area contributed by atoms with Crippen molar-refractivity contribution in [3.05, 3.63) is 12.7 Å². The smallest absolute Gasteiger partial charge is 0.193 e. The van der Waals surface area contributed by atoms with E-state index < -0.39 is 8.32 Å². The van der Waals surface area contributed by atoms with Crippen LogP contribution in [0.4, 0.5) is 0 Å². The minimum atomic E-state index is -1.82. The van der Waals surface area contributed by atoms with Crippen molar-refractivity contribution in [3.63, 3.8) is 0 Å². The molecule has 4 heteroatoms. The highest BCUT2D eigenvalue weighted by Crippen LogP contribution is 2.50. The van der Waals surface area contributed by atoms with Gasteiger partial charge in [-0.2, -0.15) is 0 Å². The molecular weight excluding hydrogens is 336 g/mol. The number of terminal acetylenes is 1. The second kappa shape index (κ2) is 9.04. The van der Waals surface area contributed by atoms with Crippen molar-refractivity contribution in [1.29, 1.82) is 0 Å². The number of thioether (sulfide) groups is 2. The maximum absolute atomic E-state index is 6.54. The summed E-state index contributed by atoms with van der Waals surface area (Å²) in [6.45, 7) is 15.3. The molecule has 1 nitrogen and oxygen atoms in total. The number of rotatable bonds is 8. The molecule has 1 saturated heterocycles. The minimum absolute atomic E-state index is 0.0577. The third-order valence-corrected chi connectivity index (χ3v) is 12.9. The van der Waals surface area contributed by atoms with Gasteiger partial charge < -0.3 is 4.43 Å². The highest BCUT2D eigenvalue weighted by molar-refractivity contribution is 8.18.